The number of piperidine rings is 1. The fourth-order valence-corrected chi connectivity index (χ4v) is 4.78. The van der Waals surface area contributed by atoms with Gasteiger partial charge >= 0.3 is 0 Å². The number of halogens is 2. The quantitative estimate of drug-likeness (QED) is 0.349. The average molecular weight is 519 g/mol. The van der Waals surface area contributed by atoms with Gasteiger partial charge in [0.1, 0.15) is 0 Å². The molecule has 1 aliphatic heterocycles. The zero-order chi connectivity index (χ0) is 25.4. The number of nitrogens with two attached hydrogens (primary N) is 1. The van der Waals surface area contributed by atoms with Crippen molar-refractivity contribution in [3.63, 3.8) is 0 Å². The number of nitrogens with zero attached hydrogens (tertiary/aromatic N) is 4. The van der Waals surface area contributed by atoms with Crippen LogP contribution in [0.15, 0.2) is 42.7 Å². The van der Waals surface area contributed by atoms with E-state index in [-0.39, 0.29) is 0 Å². The van der Waals surface area contributed by atoms with Crippen molar-refractivity contribution in [2.24, 2.45) is 5.73 Å². The molecular weight excluding hydrogens is 487 g/mol. The number of benzene rings is 1. The molecule has 0 spiro atoms. The topological polar surface area (TPSA) is 112 Å². The molecule has 5 N–H and O–H groups in total. The van der Waals surface area contributed by atoms with Gasteiger partial charge in [-0.3, -0.25) is 4.98 Å². The number of aliphatic hydroxyl groups is 2. The highest BCUT2D eigenvalue weighted by atomic mass is 35.5. The molecule has 35 heavy (non-hydrogen) atoms. The SMILES string of the molecule is Cc1c(C(O)Nc2ccc(C3(N)CCN(CC(C)(C)O)CC3)nc2)cnn1-c1ccc(Cl)c(Cl)c1. The molecule has 1 saturated heterocycles. The Morgan fingerprint density at radius 3 is 2.46 bits per heavy atom. The molecule has 1 aromatic carbocycles. The second-order valence-corrected chi connectivity index (χ2v) is 10.7. The van der Waals surface area contributed by atoms with Crippen LogP contribution in [0.5, 0.6) is 0 Å². The lowest BCUT2D eigenvalue weighted by molar-refractivity contribution is 0.0208. The van der Waals surface area contributed by atoms with Crippen LogP contribution in [0.25, 0.3) is 5.69 Å². The van der Waals surface area contributed by atoms with E-state index in [9.17, 15) is 10.2 Å². The van der Waals surface area contributed by atoms with Crippen LogP contribution >= 0.6 is 23.2 Å². The maximum atomic E-state index is 10.8. The van der Waals surface area contributed by atoms with Gasteiger partial charge in [0.2, 0.25) is 0 Å². The predicted octanol–water partition coefficient (Wildman–Crippen LogP) is 4.01. The number of hydrogen-bond donors (Lipinski definition) is 4. The Hall–Kier alpha value is -2.20. The fraction of sp³-hybridized carbons (Fsp3) is 0.440. The molecule has 10 heteroatoms. The first kappa shape index (κ1) is 25.9. The highest BCUT2D eigenvalue weighted by Gasteiger charge is 2.34. The summed E-state index contributed by atoms with van der Waals surface area (Å²) in [5.41, 5.74) is 9.12. The van der Waals surface area contributed by atoms with Crippen molar-refractivity contribution in [1.29, 1.82) is 0 Å². The zero-order valence-electron chi connectivity index (χ0n) is 20.2. The summed E-state index contributed by atoms with van der Waals surface area (Å²) >= 11 is 12.2. The van der Waals surface area contributed by atoms with E-state index in [1.807, 2.05) is 39.0 Å². The lowest BCUT2D eigenvalue weighted by atomic mass is 9.84. The van der Waals surface area contributed by atoms with Crippen LogP contribution < -0.4 is 11.1 Å². The number of rotatable bonds is 7. The van der Waals surface area contributed by atoms with E-state index in [1.165, 1.54) is 0 Å². The number of hydrogen-bond acceptors (Lipinski definition) is 7. The molecule has 8 nitrogen and oxygen atoms in total. The Labute approximate surface area is 215 Å². The van der Waals surface area contributed by atoms with Gasteiger partial charge in [0, 0.05) is 30.9 Å². The fourth-order valence-electron chi connectivity index (χ4n) is 4.49. The van der Waals surface area contributed by atoms with Crippen molar-refractivity contribution in [3.8, 4) is 5.69 Å². The molecule has 1 aliphatic rings. The van der Waals surface area contributed by atoms with Gasteiger partial charge in [-0.2, -0.15) is 5.10 Å². The number of aromatic nitrogens is 3. The summed E-state index contributed by atoms with van der Waals surface area (Å²) < 4.78 is 1.70. The van der Waals surface area contributed by atoms with Crippen molar-refractivity contribution < 1.29 is 10.2 Å². The molecule has 3 aromatic rings. The molecule has 2 aromatic heterocycles. The van der Waals surface area contributed by atoms with E-state index < -0.39 is 17.4 Å². The standard InChI is InChI=1S/C25H32Cl2N6O2/c1-16-19(14-30-33(16)18-5-6-20(26)21(27)12-18)23(34)31-17-4-7-22(29-13-17)25(28)8-10-32(11-9-25)15-24(2,3)35/h4-7,12-14,23,31,34-35H,8-11,15,28H2,1-3H3. The Balaban J connectivity index is 1.41. The predicted molar refractivity (Wildman–Crippen MR) is 139 cm³/mol. The summed E-state index contributed by atoms with van der Waals surface area (Å²) in [6.07, 6.45) is 3.86. The summed E-state index contributed by atoms with van der Waals surface area (Å²) in [6, 6.07) is 9.05. The van der Waals surface area contributed by atoms with Crippen molar-refractivity contribution in [3.05, 3.63) is 69.7 Å². The van der Waals surface area contributed by atoms with Gasteiger partial charge in [-0.1, -0.05) is 23.2 Å². The van der Waals surface area contributed by atoms with Crippen LogP contribution in [0.2, 0.25) is 10.0 Å². The third-order valence-corrected chi connectivity index (χ3v) is 7.16. The molecular formula is C25H32Cl2N6O2. The molecule has 1 fully saturated rings. The van der Waals surface area contributed by atoms with Crippen LogP contribution in [-0.2, 0) is 5.54 Å². The molecule has 0 aliphatic carbocycles. The molecule has 1 atom stereocenters. The molecule has 0 bridgehead atoms. The van der Waals surface area contributed by atoms with Gasteiger partial charge in [0.05, 0.1) is 50.6 Å². The highest BCUT2D eigenvalue weighted by molar-refractivity contribution is 6.42. The number of aliphatic hydroxyl groups excluding tert-OH is 1. The Kier molecular flexibility index (Phi) is 7.43. The minimum atomic E-state index is -0.976. The zero-order valence-corrected chi connectivity index (χ0v) is 21.7. The summed E-state index contributed by atoms with van der Waals surface area (Å²) in [7, 11) is 0. The molecule has 1 unspecified atom stereocenters. The monoisotopic (exact) mass is 518 g/mol. The van der Waals surface area contributed by atoms with E-state index >= 15 is 0 Å². The van der Waals surface area contributed by atoms with Crippen molar-refractivity contribution in [2.75, 3.05) is 25.0 Å². The molecule has 0 radical (unpaired) electrons. The first-order valence-corrected chi connectivity index (χ1v) is 12.4. The maximum Gasteiger partial charge on any atom is 0.154 e. The molecule has 4 rings (SSSR count). The Morgan fingerprint density at radius 2 is 1.86 bits per heavy atom. The van der Waals surface area contributed by atoms with E-state index in [4.69, 9.17) is 28.9 Å². The smallest absolute Gasteiger partial charge is 0.154 e. The van der Waals surface area contributed by atoms with Gasteiger partial charge in [-0.05, 0) is 63.9 Å². The average Bonchev–Trinajstić information content (AvgIpc) is 3.18. The minimum Gasteiger partial charge on any atom is -0.389 e. The molecule has 3 heterocycles. The first-order valence-electron chi connectivity index (χ1n) is 11.6. The van der Waals surface area contributed by atoms with Crippen molar-refractivity contribution >= 4 is 28.9 Å². The van der Waals surface area contributed by atoms with Crippen LogP contribution in [0.1, 0.15) is 49.9 Å². The number of likely N-dealkylation sites (tertiary alicyclic amines) is 1. The molecule has 188 valence electrons. The van der Waals surface area contributed by atoms with E-state index in [2.05, 4.69) is 20.3 Å². The summed E-state index contributed by atoms with van der Waals surface area (Å²) in [6.45, 7) is 7.75. The highest BCUT2D eigenvalue weighted by Crippen LogP contribution is 2.31. The summed E-state index contributed by atoms with van der Waals surface area (Å²) in [5, 5.41) is 29.3. The number of anilines is 1. The second kappa shape index (κ2) is 10.0. The maximum absolute atomic E-state index is 10.8. The second-order valence-electron chi connectivity index (χ2n) is 9.92. The van der Waals surface area contributed by atoms with Crippen LogP contribution in [0.3, 0.4) is 0 Å². The number of β-amino-alcohol motifs (C(OH)–C–C–N with tert-alkyl or cyclic N) is 1. The lowest BCUT2D eigenvalue weighted by Crippen LogP contribution is -2.51. The summed E-state index contributed by atoms with van der Waals surface area (Å²) in [4.78, 5) is 6.83. The molecule has 0 amide bonds. The van der Waals surface area contributed by atoms with Crippen molar-refractivity contribution in [2.45, 2.75) is 51.0 Å². The van der Waals surface area contributed by atoms with E-state index in [1.54, 1.807) is 29.2 Å². The molecule has 0 saturated carbocycles. The number of nitrogens with one attached hydrogen (secondary N) is 1. The third-order valence-electron chi connectivity index (χ3n) is 6.43. The Bertz CT molecular complexity index is 1170. The van der Waals surface area contributed by atoms with E-state index in [0.717, 1.165) is 43.0 Å². The normalized spacial score (nSPS) is 17.4. The van der Waals surface area contributed by atoms with Gasteiger partial charge in [-0.25, -0.2) is 4.68 Å². The third kappa shape index (κ3) is 5.97. The van der Waals surface area contributed by atoms with Crippen molar-refractivity contribution in [1.82, 2.24) is 19.7 Å². The van der Waals surface area contributed by atoms with E-state index in [0.29, 0.717) is 27.8 Å². The van der Waals surface area contributed by atoms with Gasteiger partial charge in [0.15, 0.2) is 6.23 Å². The summed E-state index contributed by atoms with van der Waals surface area (Å²) in [5.74, 6) is 0. The Morgan fingerprint density at radius 1 is 1.14 bits per heavy atom. The van der Waals surface area contributed by atoms with Crippen LogP contribution in [0, 0.1) is 6.92 Å². The van der Waals surface area contributed by atoms with Gasteiger partial charge in [-0.15, -0.1) is 0 Å². The van der Waals surface area contributed by atoms with Crippen LogP contribution in [0.4, 0.5) is 5.69 Å². The largest absolute Gasteiger partial charge is 0.389 e. The van der Waals surface area contributed by atoms with Gasteiger partial charge < -0.3 is 26.2 Å². The van der Waals surface area contributed by atoms with Gasteiger partial charge in [0.25, 0.3) is 0 Å². The van der Waals surface area contributed by atoms with Crippen LogP contribution in [-0.4, -0.2) is 55.1 Å². The minimum absolute atomic E-state index is 0.436. The number of pyridine rings is 1. The lowest BCUT2D eigenvalue weighted by Gasteiger charge is -2.40. The first-order chi connectivity index (χ1) is 16.4.